The van der Waals surface area contributed by atoms with Crippen LogP contribution in [0.3, 0.4) is 0 Å². The Morgan fingerprint density at radius 1 is 0.829 bits per heavy atom. The van der Waals surface area contributed by atoms with Crippen molar-refractivity contribution in [1.82, 2.24) is 9.55 Å². The van der Waals surface area contributed by atoms with Crippen molar-refractivity contribution >= 4 is 39.1 Å². The van der Waals surface area contributed by atoms with E-state index in [-0.39, 0.29) is 22.4 Å². The number of thiazole rings is 1. The van der Waals surface area contributed by atoms with E-state index in [9.17, 15) is 37.3 Å². The molecule has 11 heteroatoms. The average molecular weight is 571 g/mol. The number of allylic oxidation sites excluding steroid dienone is 3. The molecule has 0 amide bonds. The predicted octanol–water partition coefficient (Wildman–Crippen LogP) is 7.53. The Labute approximate surface area is 232 Å². The van der Waals surface area contributed by atoms with Crippen LogP contribution in [0.2, 0.25) is 0 Å². The van der Waals surface area contributed by atoms with Gasteiger partial charge in [0.1, 0.15) is 22.7 Å². The molecule has 0 unspecified atom stereocenters. The standard InChI is InChI=1S/C30H11F5N4OS/c31-23-22(24(32)26(34)27(35)25(23)33)30-38-29-20(41-30)11-16(39(29)15-6-2-1-3-7-15)10-19-21(14(12-36)13-37)17-8-4-5-9-18(17)28(19)40/h1-11H/b19-10-. The number of nitriles is 2. The third kappa shape index (κ3) is 3.86. The highest BCUT2D eigenvalue weighted by Crippen LogP contribution is 2.42. The lowest BCUT2D eigenvalue weighted by molar-refractivity contribution is 0.104. The Morgan fingerprint density at radius 3 is 2.05 bits per heavy atom. The zero-order chi connectivity index (χ0) is 29.0. The maximum absolute atomic E-state index is 14.6. The minimum absolute atomic E-state index is 0.0756. The van der Waals surface area contributed by atoms with Crippen LogP contribution >= 0.6 is 11.3 Å². The number of carbonyl (C=O) groups is 1. The summed E-state index contributed by atoms with van der Waals surface area (Å²) in [5.74, 6) is -10.9. The number of nitrogens with zero attached hydrogens (tertiary/aromatic N) is 4. The van der Waals surface area contributed by atoms with Gasteiger partial charge in [0.05, 0.1) is 10.3 Å². The second-order valence-corrected chi connectivity index (χ2v) is 9.83. The van der Waals surface area contributed by atoms with Crippen molar-refractivity contribution in [2.24, 2.45) is 0 Å². The Bertz CT molecular complexity index is 2050. The molecule has 0 saturated carbocycles. The predicted molar refractivity (Wildman–Crippen MR) is 141 cm³/mol. The van der Waals surface area contributed by atoms with Crippen LogP contribution < -0.4 is 0 Å². The van der Waals surface area contributed by atoms with Crippen LogP contribution in [0.25, 0.3) is 38.3 Å². The number of rotatable bonds is 3. The molecule has 3 aromatic carbocycles. The normalized spacial score (nSPS) is 13.5. The Hall–Kier alpha value is -5.39. The minimum atomic E-state index is -2.27. The van der Waals surface area contributed by atoms with Crippen molar-refractivity contribution in [3.63, 3.8) is 0 Å². The quantitative estimate of drug-likeness (QED) is 0.0738. The van der Waals surface area contributed by atoms with Gasteiger partial charge in [-0.2, -0.15) is 10.5 Å². The molecular weight excluding hydrogens is 559 g/mol. The van der Waals surface area contributed by atoms with Gasteiger partial charge in [-0.1, -0.05) is 42.5 Å². The fraction of sp³-hybridized carbons (Fsp3) is 0. The molecule has 0 fully saturated rings. The van der Waals surface area contributed by atoms with Gasteiger partial charge in [-0.05, 0) is 29.8 Å². The molecule has 0 spiro atoms. The minimum Gasteiger partial charge on any atom is -0.294 e. The zero-order valence-electron chi connectivity index (χ0n) is 20.3. The monoisotopic (exact) mass is 570 g/mol. The zero-order valence-corrected chi connectivity index (χ0v) is 21.2. The van der Waals surface area contributed by atoms with Gasteiger partial charge in [-0.3, -0.25) is 9.36 Å². The molecule has 2 heterocycles. The van der Waals surface area contributed by atoms with Crippen LogP contribution in [0.15, 0.2) is 71.8 Å². The number of hydrogen-bond acceptors (Lipinski definition) is 5. The van der Waals surface area contributed by atoms with Crippen molar-refractivity contribution in [3.8, 4) is 28.4 Å². The molecular formula is C30H11F5N4OS. The lowest BCUT2D eigenvalue weighted by atomic mass is 9.99. The van der Waals surface area contributed by atoms with Gasteiger partial charge in [0.2, 0.25) is 5.82 Å². The number of benzene rings is 3. The topological polar surface area (TPSA) is 82.5 Å². The van der Waals surface area contributed by atoms with Crippen LogP contribution in [0, 0.1) is 51.7 Å². The lowest BCUT2D eigenvalue weighted by Gasteiger charge is -2.09. The Morgan fingerprint density at radius 2 is 1.41 bits per heavy atom. The summed E-state index contributed by atoms with van der Waals surface area (Å²) in [6, 6.07) is 20.3. The first-order chi connectivity index (χ1) is 19.8. The van der Waals surface area contributed by atoms with Gasteiger partial charge in [-0.15, -0.1) is 11.3 Å². The van der Waals surface area contributed by atoms with E-state index >= 15 is 0 Å². The van der Waals surface area contributed by atoms with Crippen molar-refractivity contribution < 1.29 is 26.7 Å². The van der Waals surface area contributed by atoms with E-state index in [0.29, 0.717) is 38.5 Å². The van der Waals surface area contributed by atoms with E-state index < -0.39 is 45.4 Å². The molecule has 198 valence electrons. The van der Waals surface area contributed by atoms with Crippen LogP contribution in [-0.2, 0) is 0 Å². The number of fused-ring (bicyclic) bond motifs is 2. The van der Waals surface area contributed by atoms with Crippen LogP contribution in [0.5, 0.6) is 0 Å². The number of halogens is 5. The molecule has 0 radical (unpaired) electrons. The van der Waals surface area contributed by atoms with Crippen LogP contribution in [0.1, 0.15) is 21.6 Å². The Kier molecular flexibility index (Phi) is 6.10. The summed E-state index contributed by atoms with van der Waals surface area (Å²) in [6.45, 7) is 0. The summed E-state index contributed by atoms with van der Waals surface area (Å²) in [6.07, 6.45) is 1.48. The molecule has 0 saturated heterocycles. The second-order valence-electron chi connectivity index (χ2n) is 8.80. The van der Waals surface area contributed by atoms with E-state index in [0.717, 1.165) is 0 Å². The summed E-state index contributed by atoms with van der Waals surface area (Å²) in [5.41, 5.74) is 0.553. The van der Waals surface area contributed by atoms with Crippen molar-refractivity contribution in [3.05, 3.63) is 118 Å². The molecule has 1 aliphatic rings. The van der Waals surface area contributed by atoms with Gasteiger partial charge in [-0.25, -0.2) is 26.9 Å². The maximum Gasteiger partial charge on any atom is 0.200 e. The molecule has 2 aromatic heterocycles. The van der Waals surface area contributed by atoms with E-state index in [1.54, 1.807) is 59.2 Å². The number of aromatic nitrogens is 2. The molecule has 41 heavy (non-hydrogen) atoms. The van der Waals surface area contributed by atoms with Crippen molar-refractivity contribution in [2.45, 2.75) is 0 Å². The summed E-state index contributed by atoms with van der Waals surface area (Å²) < 4.78 is 72.5. The van der Waals surface area contributed by atoms with Gasteiger partial charge in [0.25, 0.3) is 0 Å². The van der Waals surface area contributed by atoms with E-state index in [1.165, 1.54) is 12.1 Å². The highest BCUT2D eigenvalue weighted by atomic mass is 32.1. The molecule has 1 aliphatic carbocycles. The van der Waals surface area contributed by atoms with Crippen LogP contribution in [0.4, 0.5) is 22.0 Å². The molecule has 5 nitrogen and oxygen atoms in total. The number of para-hydroxylation sites is 1. The molecule has 6 rings (SSSR count). The first-order valence-electron chi connectivity index (χ1n) is 11.8. The SMILES string of the molecule is N#CC(C#N)=C1/C(=C/c2cc3sc(-c4c(F)c(F)c(F)c(F)c4F)nc3n2-c2ccccc2)C(=O)c2ccccc21. The smallest absolute Gasteiger partial charge is 0.200 e. The highest BCUT2D eigenvalue weighted by Gasteiger charge is 2.33. The van der Waals surface area contributed by atoms with E-state index in [1.807, 2.05) is 12.1 Å². The third-order valence-corrected chi connectivity index (χ3v) is 7.55. The summed E-state index contributed by atoms with van der Waals surface area (Å²) in [4.78, 5) is 17.7. The van der Waals surface area contributed by atoms with Crippen LogP contribution in [-0.4, -0.2) is 15.3 Å². The van der Waals surface area contributed by atoms with Gasteiger partial charge < -0.3 is 0 Å². The third-order valence-electron chi connectivity index (χ3n) is 6.54. The van der Waals surface area contributed by atoms with Crippen molar-refractivity contribution in [2.75, 3.05) is 0 Å². The largest absolute Gasteiger partial charge is 0.294 e. The van der Waals surface area contributed by atoms with Gasteiger partial charge in [0.15, 0.2) is 34.7 Å². The summed E-state index contributed by atoms with van der Waals surface area (Å²) in [7, 11) is 0. The number of carbonyl (C=O) groups excluding carboxylic acids is 1. The van der Waals surface area contributed by atoms with Crippen molar-refractivity contribution in [1.29, 1.82) is 10.5 Å². The van der Waals surface area contributed by atoms with Gasteiger partial charge in [0, 0.05) is 28.1 Å². The fourth-order valence-corrected chi connectivity index (χ4v) is 5.78. The van der Waals surface area contributed by atoms with E-state index in [2.05, 4.69) is 4.98 Å². The first-order valence-corrected chi connectivity index (χ1v) is 12.6. The van der Waals surface area contributed by atoms with Gasteiger partial charge >= 0.3 is 0 Å². The lowest BCUT2D eigenvalue weighted by Crippen LogP contribution is -2.04. The molecule has 0 atom stereocenters. The van der Waals surface area contributed by atoms with E-state index in [4.69, 9.17) is 0 Å². The number of hydrogen-bond donors (Lipinski definition) is 0. The summed E-state index contributed by atoms with van der Waals surface area (Å²) >= 11 is 0.695. The Balaban J connectivity index is 1.62. The number of Topliss-reactive ketones (excluding diaryl/α,β-unsaturated/α-hetero) is 1. The summed E-state index contributed by atoms with van der Waals surface area (Å²) in [5, 5.41) is 18.8. The fourth-order valence-electron chi connectivity index (χ4n) is 4.75. The second kappa shape index (κ2) is 9.66. The molecule has 0 N–H and O–H groups in total. The molecule has 0 bridgehead atoms. The number of ketones is 1. The highest BCUT2D eigenvalue weighted by molar-refractivity contribution is 7.21. The molecule has 5 aromatic rings. The maximum atomic E-state index is 14.6. The first kappa shape index (κ1) is 25.9. The average Bonchev–Trinajstić information content (AvgIpc) is 3.62. The molecule has 0 aliphatic heterocycles.